The van der Waals surface area contributed by atoms with E-state index in [2.05, 4.69) is 5.32 Å². The molecule has 10 heteroatoms. The van der Waals surface area contributed by atoms with Crippen molar-refractivity contribution in [1.29, 1.82) is 0 Å². The number of nitrogens with one attached hydrogen (secondary N) is 1. The van der Waals surface area contributed by atoms with Crippen molar-refractivity contribution in [3.8, 4) is 0 Å². The molecule has 3 rings (SSSR count). The zero-order chi connectivity index (χ0) is 23.3. The molecule has 1 heterocycles. The molecule has 0 bridgehead atoms. The first-order valence-corrected chi connectivity index (χ1v) is 11.3. The van der Waals surface area contributed by atoms with E-state index in [0.717, 1.165) is 14.4 Å². The zero-order valence-electron chi connectivity index (χ0n) is 17.8. The van der Waals surface area contributed by atoms with Crippen molar-refractivity contribution in [1.82, 2.24) is 18.8 Å². The van der Waals surface area contributed by atoms with E-state index in [1.54, 1.807) is 18.2 Å². The van der Waals surface area contributed by atoms with Gasteiger partial charge < -0.3 is 5.32 Å². The number of nitrogens with zero attached hydrogens (tertiary/aromatic N) is 3. The van der Waals surface area contributed by atoms with Crippen molar-refractivity contribution in [2.24, 2.45) is 0 Å². The molecular weight excluding hydrogens is 432 g/mol. The van der Waals surface area contributed by atoms with Crippen LogP contribution in [0.1, 0.15) is 11.1 Å². The summed E-state index contributed by atoms with van der Waals surface area (Å²) in [6.07, 6.45) is 1.40. The quantitative estimate of drug-likeness (QED) is 0.534. The van der Waals surface area contributed by atoms with Crippen molar-refractivity contribution < 1.29 is 13.2 Å². The highest BCUT2D eigenvalue weighted by Gasteiger charge is 2.21. The minimum absolute atomic E-state index is 0.0676. The molecule has 0 radical (unpaired) electrons. The number of sulfonamides is 1. The number of carbonyl (C=O) groups excluding carboxylic acids is 1. The van der Waals surface area contributed by atoms with Crippen LogP contribution in [0.5, 0.6) is 0 Å². The van der Waals surface area contributed by atoms with E-state index in [1.807, 2.05) is 30.3 Å². The summed E-state index contributed by atoms with van der Waals surface area (Å²) >= 11 is 0. The molecule has 0 saturated heterocycles. The molecule has 0 fully saturated rings. The summed E-state index contributed by atoms with van der Waals surface area (Å²) in [7, 11) is -0.842. The molecule has 1 amide bonds. The van der Waals surface area contributed by atoms with Crippen molar-refractivity contribution in [2.45, 2.75) is 24.5 Å². The zero-order valence-corrected chi connectivity index (χ0v) is 18.6. The maximum atomic E-state index is 12.7. The average Bonchev–Trinajstić information content (AvgIpc) is 2.78. The minimum Gasteiger partial charge on any atom is -0.350 e. The van der Waals surface area contributed by atoms with Crippen LogP contribution in [0.25, 0.3) is 0 Å². The van der Waals surface area contributed by atoms with E-state index in [1.165, 1.54) is 37.0 Å². The third-order valence-electron chi connectivity index (χ3n) is 4.84. The lowest BCUT2D eigenvalue weighted by Gasteiger charge is -2.15. The van der Waals surface area contributed by atoms with Crippen LogP contribution in [0.4, 0.5) is 0 Å². The lowest BCUT2D eigenvalue weighted by molar-refractivity contribution is -0.122. The van der Waals surface area contributed by atoms with Crippen molar-refractivity contribution in [3.05, 3.63) is 98.8 Å². The maximum absolute atomic E-state index is 12.7. The van der Waals surface area contributed by atoms with E-state index in [0.29, 0.717) is 5.56 Å². The molecule has 0 aliphatic carbocycles. The van der Waals surface area contributed by atoms with Gasteiger partial charge in [0.05, 0.1) is 11.4 Å². The Morgan fingerprint density at radius 1 is 0.969 bits per heavy atom. The number of hydrogen-bond acceptors (Lipinski definition) is 5. The van der Waals surface area contributed by atoms with Crippen LogP contribution < -0.4 is 16.6 Å². The molecule has 0 unspecified atom stereocenters. The Balaban J connectivity index is 1.76. The Bertz CT molecular complexity index is 1330. The average molecular weight is 457 g/mol. The van der Waals surface area contributed by atoms with Crippen LogP contribution in [0, 0.1) is 0 Å². The molecule has 0 aliphatic heterocycles. The fourth-order valence-electron chi connectivity index (χ4n) is 3.09. The standard InChI is InChI=1S/C22H24N4O5S/c1-24(2)32(30,31)19-11-7-6-10-18(19)14-23-20(27)16-26-21(28)12-13-25(22(26)29)15-17-8-4-3-5-9-17/h3-13H,14-16H2,1-2H3,(H,23,27). The highest BCUT2D eigenvalue weighted by Crippen LogP contribution is 2.18. The lowest BCUT2D eigenvalue weighted by atomic mass is 10.2. The van der Waals surface area contributed by atoms with E-state index in [-0.39, 0.29) is 18.0 Å². The molecule has 3 aromatic rings. The normalized spacial score (nSPS) is 11.5. The summed E-state index contributed by atoms with van der Waals surface area (Å²) in [6, 6.07) is 16.8. The molecule has 1 N–H and O–H groups in total. The van der Waals surface area contributed by atoms with Gasteiger partial charge in [0, 0.05) is 32.9 Å². The van der Waals surface area contributed by atoms with Crippen molar-refractivity contribution in [2.75, 3.05) is 14.1 Å². The first kappa shape index (κ1) is 23.2. The third-order valence-corrected chi connectivity index (χ3v) is 6.76. The smallest absolute Gasteiger partial charge is 0.331 e. The topological polar surface area (TPSA) is 110 Å². The number of hydrogen-bond donors (Lipinski definition) is 1. The Labute approximate surface area is 185 Å². The molecule has 9 nitrogen and oxygen atoms in total. The molecule has 1 aromatic heterocycles. The Morgan fingerprint density at radius 2 is 1.62 bits per heavy atom. The summed E-state index contributed by atoms with van der Waals surface area (Å²) in [5.74, 6) is -0.585. The molecule has 0 saturated carbocycles. The summed E-state index contributed by atoms with van der Waals surface area (Å²) in [6.45, 7) is -0.283. The maximum Gasteiger partial charge on any atom is 0.331 e. The highest BCUT2D eigenvalue weighted by atomic mass is 32.2. The number of rotatable bonds is 8. The number of aromatic nitrogens is 2. The van der Waals surface area contributed by atoms with Crippen LogP contribution in [0.15, 0.2) is 81.3 Å². The van der Waals surface area contributed by atoms with Crippen molar-refractivity contribution in [3.63, 3.8) is 0 Å². The monoisotopic (exact) mass is 456 g/mol. The third kappa shape index (κ3) is 5.21. The second-order valence-corrected chi connectivity index (χ2v) is 9.43. The number of benzene rings is 2. The SMILES string of the molecule is CN(C)S(=O)(=O)c1ccccc1CNC(=O)Cn1c(=O)ccn(Cc2ccccc2)c1=O. The minimum atomic E-state index is -3.69. The predicted molar refractivity (Wildman–Crippen MR) is 120 cm³/mol. The van der Waals surface area contributed by atoms with Gasteiger partial charge in [-0.05, 0) is 17.2 Å². The second-order valence-electron chi connectivity index (χ2n) is 7.31. The Kier molecular flexibility index (Phi) is 7.06. The van der Waals surface area contributed by atoms with Crippen LogP contribution >= 0.6 is 0 Å². The summed E-state index contributed by atoms with van der Waals surface area (Å²) in [5.41, 5.74) is 0.0801. The predicted octanol–water partition coefficient (Wildman–Crippen LogP) is 0.625. The van der Waals surface area contributed by atoms with Gasteiger partial charge in [0.15, 0.2) is 0 Å². The molecule has 2 aromatic carbocycles. The molecule has 0 spiro atoms. The summed E-state index contributed by atoms with van der Waals surface area (Å²) < 4.78 is 28.3. The van der Waals surface area contributed by atoms with Crippen molar-refractivity contribution >= 4 is 15.9 Å². The van der Waals surface area contributed by atoms with Gasteiger partial charge in [0.25, 0.3) is 5.56 Å². The summed E-state index contributed by atoms with van der Waals surface area (Å²) in [5, 5.41) is 2.59. The van der Waals surface area contributed by atoms with E-state index in [4.69, 9.17) is 0 Å². The first-order chi connectivity index (χ1) is 15.2. The van der Waals surface area contributed by atoms with Crippen LogP contribution in [0.2, 0.25) is 0 Å². The molecular formula is C22H24N4O5S. The van der Waals surface area contributed by atoms with Crippen LogP contribution in [-0.4, -0.2) is 41.9 Å². The number of amides is 1. The lowest BCUT2D eigenvalue weighted by Crippen LogP contribution is -2.43. The largest absolute Gasteiger partial charge is 0.350 e. The summed E-state index contributed by atoms with van der Waals surface area (Å²) in [4.78, 5) is 37.5. The van der Waals surface area contributed by atoms with Gasteiger partial charge in [0.1, 0.15) is 6.54 Å². The molecule has 0 atom stereocenters. The van der Waals surface area contributed by atoms with Gasteiger partial charge in [0.2, 0.25) is 15.9 Å². The van der Waals surface area contributed by atoms with Gasteiger partial charge in [-0.15, -0.1) is 0 Å². The first-order valence-electron chi connectivity index (χ1n) is 9.81. The van der Waals surface area contributed by atoms with Crippen LogP contribution in [0.3, 0.4) is 0 Å². The van der Waals surface area contributed by atoms with Gasteiger partial charge in [-0.3, -0.25) is 18.7 Å². The fraction of sp³-hybridized carbons (Fsp3) is 0.227. The molecule has 0 aliphatic rings. The molecule has 168 valence electrons. The molecule has 32 heavy (non-hydrogen) atoms. The highest BCUT2D eigenvalue weighted by molar-refractivity contribution is 7.89. The fourth-order valence-corrected chi connectivity index (χ4v) is 4.21. The van der Waals surface area contributed by atoms with Crippen LogP contribution in [-0.2, 0) is 34.5 Å². The van der Waals surface area contributed by atoms with E-state index in [9.17, 15) is 22.8 Å². The van der Waals surface area contributed by atoms with E-state index < -0.39 is 33.7 Å². The number of carbonyl (C=O) groups is 1. The Hall–Kier alpha value is -3.50. The van der Waals surface area contributed by atoms with Gasteiger partial charge in [-0.25, -0.2) is 17.5 Å². The van der Waals surface area contributed by atoms with E-state index >= 15 is 0 Å². The van der Waals surface area contributed by atoms with Gasteiger partial charge in [-0.1, -0.05) is 48.5 Å². The van der Waals surface area contributed by atoms with Gasteiger partial charge in [-0.2, -0.15) is 0 Å². The Morgan fingerprint density at radius 3 is 2.31 bits per heavy atom. The van der Waals surface area contributed by atoms with Gasteiger partial charge >= 0.3 is 5.69 Å². The second kappa shape index (κ2) is 9.75.